The summed E-state index contributed by atoms with van der Waals surface area (Å²) in [5.74, 6) is 0.336. The lowest BCUT2D eigenvalue weighted by atomic mass is 10.1. The third kappa shape index (κ3) is 5.52. The number of unbranched alkanes of at least 4 members (excludes halogenated alkanes) is 1. The zero-order chi connectivity index (χ0) is 13.2. The maximum atomic E-state index is 11.8. The van der Waals surface area contributed by atoms with Crippen LogP contribution >= 0.6 is 11.6 Å². The fraction of sp³-hybridized carbons (Fsp3) is 0.500. The van der Waals surface area contributed by atoms with E-state index in [2.05, 4.69) is 12.2 Å². The Morgan fingerprint density at radius 3 is 2.94 bits per heavy atom. The molecule has 0 bridgehead atoms. The number of nitrogens with one attached hydrogen (secondary N) is 1. The number of carbonyl (C=O) groups excluding carboxylic acids is 1. The summed E-state index contributed by atoms with van der Waals surface area (Å²) in [6.07, 6.45) is 2.18. The molecule has 1 amide bonds. The molecule has 0 saturated carbocycles. The van der Waals surface area contributed by atoms with Crippen LogP contribution in [0.5, 0.6) is 0 Å². The number of halogens is 1. The Balaban J connectivity index is 2.27. The normalized spacial score (nSPS) is 10.3. The van der Waals surface area contributed by atoms with E-state index < -0.39 is 0 Å². The Hall–Kier alpha value is -1.06. The first-order chi connectivity index (χ1) is 8.77. The third-order valence-electron chi connectivity index (χ3n) is 2.52. The second-order valence-corrected chi connectivity index (χ2v) is 4.32. The van der Waals surface area contributed by atoms with E-state index in [0.717, 1.165) is 25.0 Å². The molecule has 0 heterocycles. The van der Waals surface area contributed by atoms with Crippen LogP contribution in [0.4, 0.5) is 0 Å². The van der Waals surface area contributed by atoms with Crippen LogP contribution in [0.3, 0.4) is 0 Å². The summed E-state index contributed by atoms with van der Waals surface area (Å²) in [5.41, 5.74) is 1.59. The molecule has 0 aromatic heterocycles. The zero-order valence-corrected chi connectivity index (χ0v) is 11.5. The summed E-state index contributed by atoms with van der Waals surface area (Å²) >= 11 is 5.73. The minimum atomic E-state index is -0.0824. The van der Waals surface area contributed by atoms with Crippen LogP contribution in [0.25, 0.3) is 0 Å². The number of benzene rings is 1. The van der Waals surface area contributed by atoms with E-state index in [1.807, 2.05) is 12.1 Å². The fourth-order valence-electron chi connectivity index (χ4n) is 1.48. The Morgan fingerprint density at radius 1 is 1.39 bits per heavy atom. The van der Waals surface area contributed by atoms with Gasteiger partial charge in [-0.2, -0.15) is 0 Å². The minimum Gasteiger partial charge on any atom is -0.380 e. The van der Waals surface area contributed by atoms with Crippen molar-refractivity contribution in [3.63, 3.8) is 0 Å². The molecule has 0 aliphatic rings. The van der Waals surface area contributed by atoms with Crippen LogP contribution in [-0.4, -0.2) is 25.7 Å². The van der Waals surface area contributed by atoms with Crippen molar-refractivity contribution in [3.05, 3.63) is 35.4 Å². The van der Waals surface area contributed by atoms with E-state index in [-0.39, 0.29) is 5.91 Å². The van der Waals surface area contributed by atoms with Gasteiger partial charge >= 0.3 is 0 Å². The molecule has 0 fully saturated rings. The highest BCUT2D eigenvalue weighted by Crippen LogP contribution is 2.07. The van der Waals surface area contributed by atoms with Crippen LogP contribution in [-0.2, 0) is 10.6 Å². The molecule has 1 N–H and O–H groups in total. The van der Waals surface area contributed by atoms with Crippen LogP contribution in [0, 0.1) is 0 Å². The molecule has 0 spiro atoms. The average Bonchev–Trinajstić information content (AvgIpc) is 2.42. The standard InChI is InChI=1S/C14H20ClNO2/c1-2-3-8-18-9-7-16-14(17)13-6-4-5-12(10-13)11-15/h4-6,10H,2-3,7-9,11H2,1H3,(H,16,17). The van der Waals surface area contributed by atoms with Crippen molar-refractivity contribution in [1.29, 1.82) is 0 Å². The smallest absolute Gasteiger partial charge is 0.251 e. The number of hydrogen-bond donors (Lipinski definition) is 1. The number of rotatable bonds is 8. The minimum absolute atomic E-state index is 0.0824. The van der Waals surface area contributed by atoms with Gasteiger partial charge in [-0.1, -0.05) is 25.5 Å². The lowest BCUT2D eigenvalue weighted by molar-refractivity contribution is 0.0912. The van der Waals surface area contributed by atoms with Crippen molar-refractivity contribution in [2.75, 3.05) is 19.8 Å². The van der Waals surface area contributed by atoms with Crippen LogP contribution in [0.2, 0.25) is 0 Å². The van der Waals surface area contributed by atoms with Gasteiger partial charge in [0.2, 0.25) is 0 Å². The van der Waals surface area contributed by atoms with E-state index in [1.54, 1.807) is 12.1 Å². The molecule has 0 aliphatic heterocycles. The molecule has 1 rings (SSSR count). The van der Waals surface area contributed by atoms with E-state index in [9.17, 15) is 4.79 Å². The van der Waals surface area contributed by atoms with Crippen molar-refractivity contribution >= 4 is 17.5 Å². The highest BCUT2D eigenvalue weighted by molar-refractivity contribution is 6.17. The summed E-state index contributed by atoms with van der Waals surface area (Å²) in [6.45, 7) is 3.97. The summed E-state index contributed by atoms with van der Waals surface area (Å²) < 4.78 is 5.37. The number of hydrogen-bond acceptors (Lipinski definition) is 2. The van der Waals surface area contributed by atoms with E-state index in [1.165, 1.54) is 0 Å². The lowest BCUT2D eigenvalue weighted by Crippen LogP contribution is -2.27. The SMILES string of the molecule is CCCCOCCNC(=O)c1cccc(CCl)c1. The molecule has 0 atom stereocenters. The zero-order valence-electron chi connectivity index (χ0n) is 10.7. The maximum Gasteiger partial charge on any atom is 0.251 e. The monoisotopic (exact) mass is 269 g/mol. The molecule has 3 nitrogen and oxygen atoms in total. The summed E-state index contributed by atoms with van der Waals surface area (Å²) in [4.78, 5) is 11.8. The summed E-state index contributed by atoms with van der Waals surface area (Å²) in [5, 5.41) is 2.82. The van der Waals surface area contributed by atoms with Crippen LogP contribution in [0.15, 0.2) is 24.3 Å². The van der Waals surface area contributed by atoms with Crippen molar-refractivity contribution < 1.29 is 9.53 Å². The highest BCUT2D eigenvalue weighted by Gasteiger charge is 2.04. The molecule has 0 aliphatic carbocycles. The van der Waals surface area contributed by atoms with Gasteiger partial charge in [-0.3, -0.25) is 4.79 Å². The van der Waals surface area contributed by atoms with Crippen molar-refractivity contribution in [1.82, 2.24) is 5.32 Å². The van der Waals surface area contributed by atoms with E-state index >= 15 is 0 Å². The van der Waals surface area contributed by atoms with Gasteiger partial charge in [0.1, 0.15) is 0 Å². The van der Waals surface area contributed by atoms with Crippen molar-refractivity contribution in [2.45, 2.75) is 25.6 Å². The van der Waals surface area contributed by atoms with Gasteiger partial charge in [0.25, 0.3) is 5.91 Å². The molecule has 100 valence electrons. The maximum absolute atomic E-state index is 11.8. The van der Waals surface area contributed by atoms with Gasteiger partial charge in [0.05, 0.1) is 6.61 Å². The Labute approximate surface area is 113 Å². The second-order valence-electron chi connectivity index (χ2n) is 4.06. The number of amides is 1. The summed E-state index contributed by atoms with van der Waals surface area (Å²) in [6, 6.07) is 7.33. The third-order valence-corrected chi connectivity index (χ3v) is 2.83. The average molecular weight is 270 g/mol. The fourth-order valence-corrected chi connectivity index (χ4v) is 1.65. The first-order valence-electron chi connectivity index (χ1n) is 6.28. The lowest BCUT2D eigenvalue weighted by Gasteiger charge is -2.07. The van der Waals surface area contributed by atoms with Gasteiger partial charge in [-0.15, -0.1) is 11.6 Å². The second kappa shape index (κ2) is 8.95. The first-order valence-corrected chi connectivity index (χ1v) is 6.82. The van der Waals surface area contributed by atoms with Gasteiger partial charge in [-0.05, 0) is 24.1 Å². The summed E-state index contributed by atoms with van der Waals surface area (Å²) in [7, 11) is 0. The van der Waals surface area contributed by atoms with E-state index in [4.69, 9.17) is 16.3 Å². The number of alkyl halides is 1. The van der Waals surface area contributed by atoms with Gasteiger partial charge < -0.3 is 10.1 Å². The molecule has 0 unspecified atom stereocenters. The topological polar surface area (TPSA) is 38.3 Å². The molecule has 1 aromatic carbocycles. The van der Waals surface area contributed by atoms with Crippen molar-refractivity contribution in [2.24, 2.45) is 0 Å². The Bertz CT molecular complexity index is 369. The Morgan fingerprint density at radius 2 is 2.22 bits per heavy atom. The quantitative estimate of drug-likeness (QED) is 0.582. The predicted molar refractivity (Wildman–Crippen MR) is 74.1 cm³/mol. The molecule has 4 heteroatoms. The molecular weight excluding hydrogens is 250 g/mol. The van der Waals surface area contributed by atoms with Crippen molar-refractivity contribution in [3.8, 4) is 0 Å². The predicted octanol–water partition coefficient (Wildman–Crippen LogP) is 2.97. The van der Waals surface area contributed by atoms with Gasteiger partial charge in [0.15, 0.2) is 0 Å². The molecular formula is C14H20ClNO2. The molecule has 18 heavy (non-hydrogen) atoms. The highest BCUT2D eigenvalue weighted by atomic mass is 35.5. The number of carbonyl (C=O) groups is 1. The first kappa shape index (κ1) is 15.0. The van der Waals surface area contributed by atoms with Gasteiger partial charge in [0, 0.05) is 24.6 Å². The van der Waals surface area contributed by atoms with Gasteiger partial charge in [-0.25, -0.2) is 0 Å². The largest absolute Gasteiger partial charge is 0.380 e. The molecule has 0 saturated heterocycles. The van der Waals surface area contributed by atoms with E-state index in [0.29, 0.717) is 24.6 Å². The van der Waals surface area contributed by atoms with Crippen LogP contribution in [0.1, 0.15) is 35.7 Å². The number of ether oxygens (including phenoxy) is 1. The molecule has 0 radical (unpaired) electrons. The molecule has 1 aromatic rings. The van der Waals surface area contributed by atoms with Crippen LogP contribution < -0.4 is 5.32 Å². The Kier molecular flexibility index (Phi) is 7.46.